The van der Waals surface area contributed by atoms with Crippen LogP contribution in [0.5, 0.6) is 0 Å². The Labute approximate surface area is 153 Å². The fourth-order valence-corrected chi connectivity index (χ4v) is 2.63. The zero-order valence-electron chi connectivity index (χ0n) is 13.8. The average Bonchev–Trinajstić information content (AvgIpc) is 2.64. The zero-order chi connectivity index (χ0) is 18.7. The number of nitrogens with one attached hydrogen (secondary N) is 2. The molecule has 0 aliphatic carbocycles. The minimum Gasteiger partial charge on any atom is -0.273 e. The van der Waals surface area contributed by atoms with Gasteiger partial charge < -0.3 is 0 Å². The van der Waals surface area contributed by atoms with Crippen molar-refractivity contribution in [3.05, 3.63) is 75.2 Å². The molecule has 132 valence electrons. The average molecular weight is 371 g/mol. The van der Waals surface area contributed by atoms with E-state index in [1.54, 1.807) is 48.5 Å². The summed E-state index contributed by atoms with van der Waals surface area (Å²) >= 11 is 5.77. The molecule has 7 nitrogen and oxygen atoms in total. The third kappa shape index (κ3) is 3.73. The van der Waals surface area contributed by atoms with Crippen molar-refractivity contribution in [1.82, 2.24) is 20.6 Å². The Morgan fingerprint density at radius 3 is 2.38 bits per heavy atom. The molecule has 3 rings (SSSR count). The molecule has 1 aromatic heterocycles. The molecule has 0 unspecified atom stereocenters. The first kappa shape index (κ1) is 17.6. The van der Waals surface area contributed by atoms with Crippen molar-refractivity contribution >= 4 is 34.2 Å². The molecule has 0 atom stereocenters. The van der Waals surface area contributed by atoms with Crippen molar-refractivity contribution in [2.24, 2.45) is 7.05 Å². The van der Waals surface area contributed by atoms with E-state index in [1.807, 2.05) is 0 Å². The van der Waals surface area contributed by atoms with Gasteiger partial charge in [-0.3, -0.25) is 25.2 Å². The van der Waals surface area contributed by atoms with Gasteiger partial charge in [0.1, 0.15) is 0 Å². The lowest BCUT2D eigenvalue weighted by Crippen LogP contribution is -2.42. The summed E-state index contributed by atoms with van der Waals surface area (Å²) in [6.07, 6.45) is -0.0878. The number of carbonyl (C=O) groups excluding carboxylic acids is 2. The third-order valence-corrected chi connectivity index (χ3v) is 4.03. The molecule has 2 N–H and O–H groups in total. The molecule has 0 bridgehead atoms. The van der Waals surface area contributed by atoms with Crippen molar-refractivity contribution in [2.45, 2.75) is 6.42 Å². The Kier molecular flexibility index (Phi) is 4.99. The maximum atomic E-state index is 12.2. The summed E-state index contributed by atoms with van der Waals surface area (Å²) in [6.45, 7) is 0. The van der Waals surface area contributed by atoms with Gasteiger partial charge in [0.05, 0.1) is 17.5 Å². The summed E-state index contributed by atoms with van der Waals surface area (Å²) in [5.74, 6) is -0.920. The summed E-state index contributed by atoms with van der Waals surface area (Å²) in [5.41, 5.74) is 5.25. The third-order valence-electron chi connectivity index (χ3n) is 3.78. The molecule has 0 spiro atoms. The second-order valence-corrected chi connectivity index (χ2v) is 6.04. The first-order valence-corrected chi connectivity index (χ1v) is 8.13. The number of benzene rings is 2. The maximum Gasteiger partial charge on any atom is 0.274 e. The van der Waals surface area contributed by atoms with Crippen LogP contribution in [0.2, 0.25) is 5.02 Å². The molecule has 2 aromatic carbocycles. The number of hydrogen-bond donors (Lipinski definition) is 2. The topological polar surface area (TPSA) is 93.1 Å². The monoisotopic (exact) mass is 370 g/mol. The molecular formula is C18H15ClN4O3. The van der Waals surface area contributed by atoms with Gasteiger partial charge in [0.2, 0.25) is 5.91 Å². The highest BCUT2D eigenvalue weighted by Gasteiger charge is 2.13. The van der Waals surface area contributed by atoms with Crippen LogP contribution in [0.4, 0.5) is 0 Å². The molecule has 8 heteroatoms. The van der Waals surface area contributed by atoms with Crippen LogP contribution in [0, 0.1) is 0 Å². The van der Waals surface area contributed by atoms with Crippen molar-refractivity contribution in [3.8, 4) is 0 Å². The Morgan fingerprint density at radius 1 is 1.04 bits per heavy atom. The molecule has 0 saturated carbocycles. The van der Waals surface area contributed by atoms with Crippen LogP contribution in [0.15, 0.2) is 53.3 Å². The van der Waals surface area contributed by atoms with Gasteiger partial charge in [-0.2, -0.15) is 5.10 Å². The summed E-state index contributed by atoms with van der Waals surface area (Å²) in [6, 6.07) is 13.2. The van der Waals surface area contributed by atoms with E-state index in [2.05, 4.69) is 16.0 Å². The highest BCUT2D eigenvalue weighted by atomic mass is 35.5. The van der Waals surface area contributed by atoms with Crippen LogP contribution in [0.3, 0.4) is 0 Å². The number of fused-ring (bicyclic) bond motifs is 1. The normalized spacial score (nSPS) is 10.5. The van der Waals surface area contributed by atoms with Gasteiger partial charge in [-0.15, -0.1) is 0 Å². The smallest absolute Gasteiger partial charge is 0.273 e. The number of hydrogen-bond acceptors (Lipinski definition) is 4. The number of aryl methyl sites for hydroxylation is 1. The molecule has 26 heavy (non-hydrogen) atoms. The van der Waals surface area contributed by atoms with E-state index >= 15 is 0 Å². The second-order valence-electron chi connectivity index (χ2n) is 5.61. The van der Waals surface area contributed by atoms with Gasteiger partial charge in [0, 0.05) is 23.0 Å². The van der Waals surface area contributed by atoms with Gasteiger partial charge in [-0.25, -0.2) is 4.68 Å². The van der Waals surface area contributed by atoms with Crippen molar-refractivity contribution < 1.29 is 9.59 Å². The summed E-state index contributed by atoms with van der Waals surface area (Å²) in [5, 5.41) is 5.75. The largest absolute Gasteiger partial charge is 0.274 e. The standard InChI is InChI=1S/C18H15ClN4O3/c1-23-18(26)14-5-3-2-4-13(14)15(22-23)10-16(24)20-21-17(25)11-6-8-12(19)9-7-11/h2-9H,10H2,1H3,(H,20,24)(H,21,25). The number of hydrazine groups is 1. The van der Waals surface area contributed by atoms with Gasteiger partial charge in [0.25, 0.3) is 11.5 Å². The lowest BCUT2D eigenvalue weighted by atomic mass is 10.1. The molecular weight excluding hydrogens is 356 g/mol. The molecule has 0 radical (unpaired) electrons. The quantitative estimate of drug-likeness (QED) is 0.685. The number of halogens is 1. The van der Waals surface area contributed by atoms with Crippen molar-refractivity contribution in [1.29, 1.82) is 0 Å². The van der Waals surface area contributed by atoms with Crippen LogP contribution in [-0.2, 0) is 18.3 Å². The minimum atomic E-state index is -0.465. The van der Waals surface area contributed by atoms with E-state index in [4.69, 9.17) is 11.6 Å². The van der Waals surface area contributed by atoms with E-state index < -0.39 is 11.8 Å². The highest BCUT2D eigenvalue weighted by molar-refractivity contribution is 6.30. The van der Waals surface area contributed by atoms with E-state index in [9.17, 15) is 14.4 Å². The number of amides is 2. The van der Waals surface area contributed by atoms with Crippen LogP contribution in [0.1, 0.15) is 16.1 Å². The summed E-state index contributed by atoms with van der Waals surface area (Å²) in [7, 11) is 1.53. The first-order valence-electron chi connectivity index (χ1n) is 7.75. The minimum absolute atomic E-state index is 0.0878. The van der Waals surface area contributed by atoms with Gasteiger partial charge in [-0.1, -0.05) is 29.8 Å². The van der Waals surface area contributed by atoms with Crippen LogP contribution < -0.4 is 16.4 Å². The molecule has 0 aliphatic rings. The fraction of sp³-hybridized carbons (Fsp3) is 0.111. The van der Waals surface area contributed by atoms with E-state index in [0.29, 0.717) is 27.1 Å². The summed E-state index contributed by atoms with van der Waals surface area (Å²) in [4.78, 5) is 36.3. The maximum absolute atomic E-state index is 12.2. The SMILES string of the molecule is Cn1nc(CC(=O)NNC(=O)c2ccc(Cl)cc2)c2ccccc2c1=O. The van der Waals surface area contributed by atoms with Gasteiger partial charge in [-0.05, 0) is 30.3 Å². The van der Waals surface area contributed by atoms with Crippen LogP contribution >= 0.6 is 11.6 Å². The fourth-order valence-electron chi connectivity index (χ4n) is 2.50. The number of carbonyl (C=O) groups is 2. The molecule has 1 heterocycles. The summed E-state index contributed by atoms with van der Waals surface area (Å²) < 4.78 is 1.19. The first-order chi connectivity index (χ1) is 12.5. The van der Waals surface area contributed by atoms with Gasteiger partial charge in [0.15, 0.2) is 0 Å². The lowest BCUT2D eigenvalue weighted by molar-refractivity contribution is -0.121. The van der Waals surface area contributed by atoms with Crippen LogP contribution in [0.25, 0.3) is 10.8 Å². The van der Waals surface area contributed by atoms with Crippen molar-refractivity contribution in [2.75, 3.05) is 0 Å². The van der Waals surface area contributed by atoms with Crippen molar-refractivity contribution in [3.63, 3.8) is 0 Å². The predicted molar refractivity (Wildman–Crippen MR) is 97.7 cm³/mol. The Hall–Kier alpha value is -3.19. The van der Waals surface area contributed by atoms with E-state index in [1.165, 1.54) is 11.7 Å². The number of rotatable bonds is 3. The zero-order valence-corrected chi connectivity index (χ0v) is 14.6. The predicted octanol–water partition coefficient (Wildman–Crippen LogP) is 1.59. The molecule has 0 fully saturated rings. The highest BCUT2D eigenvalue weighted by Crippen LogP contribution is 2.13. The number of nitrogens with zero attached hydrogens (tertiary/aromatic N) is 2. The Morgan fingerprint density at radius 2 is 1.69 bits per heavy atom. The molecule has 0 saturated heterocycles. The second kappa shape index (κ2) is 7.37. The molecule has 0 aliphatic heterocycles. The Balaban J connectivity index is 1.72. The molecule has 3 aromatic rings. The van der Waals surface area contributed by atoms with E-state index in [0.717, 1.165) is 0 Å². The van der Waals surface area contributed by atoms with Crippen LogP contribution in [-0.4, -0.2) is 21.6 Å². The number of aromatic nitrogens is 2. The molecule has 2 amide bonds. The van der Waals surface area contributed by atoms with E-state index in [-0.39, 0.29) is 12.0 Å². The van der Waals surface area contributed by atoms with Gasteiger partial charge >= 0.3 is 0 Å². The lowest BCUT2D eigenvalue weighted by Gasteiger charge is -2.10. The Bertz CT molecular complexity index is 1040.